The molecule has 0 atom stereocenters. The zero-order chi connectivity index (χ0) is 21.9. The van der Waals surface area contributed by atoms with Crippen LogP contribution in [-0.2, 0) is 6.54 Å². The molecule has 1 aliphatic heterocycles. The number of fused-ring (bicyclic) bond motifs is 1. The summed E-state index contributed by atoms with van der Waals surface area (Å²) in [6.07, 6.45) is 8.69. The molecule has 3 aromatic heterocycles. The highest BCUT2D eigenvalue weighted by Crippen LogP contribution is 2.39. The molecule has 0 radical (unpaired) electrons. The van der Waals surface area contributed by atoms with Crippen molar-refractivity contribution in [2.24, 2.45) is 5.92 Å². The summed E-state index contributed by atoms with van der Waals surface area (Å²) in [6, 6.07) is 6.02. The first-order valence-electron chi connectivity index (χ1n) is 10.8. The molecule has 0 aliphatic carbocycles. The third kappa shape index (κ3) is 4.15. The number of imidazole rings is 1. The van der Waals surface area contributed by atoms with E-state index in [1.807, 2.05) is 30.6 Å². The minimum Gasteiger partial charge on any atom is -0.497 e. The summed E-state index contributed by atoms with van der Waals surface area (Å²) in [5, 5.41) is 11.3. The second-order valence-electron chi connectivity index (χ2n) is 7.91. The van der Waals surface area contributed by atoms with Crippen LogP contribution in [-0.4, -0.2) is 49.9 Å². The molecule has 0 amide bonds. The third-order valence-corrected chi connectivity index (χ3v) is 7.00. The van der Waals surface area contributed by atoms with E-state index in [1.165, 1.54) is 19.2 Å². The van der Waals surface area contributed by atoms with Crippen molar-refractivity contribution >= 4 is 28.7 Å². The maximum Gasteiger partial charge on any atom is 0.175 e. The van der Waals surface area contributed by atoms with Gasteiger partial charge in [0.1, 0.15) is 12.1 Å². The van der Waals surface area contributed by atoms with Crippen LogP contribution in [0, 0.1) is 5.92 Å². The lowest BCUT2D eigenvalue weighted by Gasteiger charge is -2.23. The second-order valence-corrected chi connectivity index (χ2v) is 8.92. The fourth-order valence-electron chi connectivity index (χ4n) is 4.14. The Bertz CT molecular complexity index is 1200. The van der Waals surface area contributed by atoms with E-state index in [0.29, 0.717) is 17.3 Å². The first-order chi connectivity index (χ1) is 15.7. The van der Waals surface area contributed by atoms with Crippen molar-refractivity contribution < 1.29 is 4.74 Å². The van der Waals surface area contributed by atoms with Gasteiger partial charge >= 0.3 is 0 Å². The Morgan fingerprint density at radius 2 is 2.12 bits per heavy atom. The fourth-order valence-corrected chi connectivity index (χ4v) is 5.24. The Balaban J connectivity index is 1.53. The number of ether oxygens (including phenoxy) is 1. The Labute approximate surface area is 190 Å². The van der Waals surface area contributed by atoms with E-state index in [2.05, 4.69) is 30.0 Å². The van der Waals surface area contributed by atoms with Gasteiger partial charge in [-0.15, -0.1) is 0 Å². The van der Waals surface area contributed by atoms with Crippen molar-refractivity contribution in [2.45, 2.75) is 35.9 Å². The van der Waals surface area contributed by atoms with Gasteiger partial charge < -0.3 is 20.4 Å². The summed E-state index contributed by atoms with van der Waals surface area (Å²) in [7, 11) is 1.67. The van der Waals surface area contributed by atoms with Crippen LogP contribution in [0.2, 0.25) is 0 Å². The van der Waals surface area contributed by atoms with Crippen molar-refractivity contribution in [3.05, 3.63) is 36.9 Å². The highest BCUT2D eigenvalue weighted by Gasteiger charge is 2.20. The zero-order valence-corrected chi connectivity index (χ0v) is 18.7. The van der Waals surface area contributed by atoms with E-state index in [4.69, 9.17) is 15.5 Å². The average Bonchev–Trinajstić information content (AvgIpc) is 3.47. The van der Waals surface area contributed by atoms with Crippen LogP contribution in [0.1, 0.15) is 19.3 Å². The number of hydrogen-bond acceptors (Lipinski definition) is 8. The number of aryl methyl sites for hydroxylation is 1. The van der Waals surface area contributed by atoms with E-state index in [9.17, 15) is 0 Å². The van der Waals surface area contributed by atoms with Gasteiger partial charge in [0.05, 0.1) is 13.3 Å². The molecular formula is C22H26N8OS. The number of piperidine rings is 1. The van der Waals surface area contributed by atoms with Crippen LogP contribution in [0.25, 0.3) is 22.3 Å². The number of nitrogen functional groups attached to an aromatic ring is 1. The van der Waals surface area contributed by atoms with Gasteiger partial charge in [0.15, 0.2) is 22.1 Å². The van der Waals surface area contributed by atoms with Crippen molar-refractivity contribution in [3.63, 3.8) is 0 Å². The molecule has 4 N–H and O–H groups in total. The summed E-state index contributed by atoms with van der Waals surface area (Å²) in [4.78, 5) is 14.5. The first kappa shape index (κ1) is 20.8. The molecule has 166 valence electrons. The van der Waals surface area contributed by atoms with E-state index in [-0.39, 0.29) is 0 Å². The standard InChI is InChI=1S/C22H26N8OS/c1-31-16-2-3-17(15-11-27-28-12-15)18(10-16)32-22-29-19-20(23)25-13-26-21(19)30(22)9-6-14-4-7-24-8-5-14/h2-3,10-14,24H,4-9H2,1H3,(H,27,28)(H2,23,25,26). The highest BCUT2D eigenvalue weighted by atomic mass is 32.2. The Morgan fingerprint density at radius 1 is 1.25 bits per heavy atom. The highest BCUT2D eigenvalue weighted by molar-refractivity contribution is 7.99. The average molecular weight is 451 g/mol. The molecule has 1 saturated heterocycles. The molecule has 1 aromatic carbocycles. The third-order valence-electron chi connectivity index (χ3n) is 5.94. The van der Waals surface area contributed by atoms with Gasteiger partial charge in [0, 0.05) is 23.2 Å². The molecule has 9 nitrogen and oxygen atoms in total. The number of aromatic nitrogens is 6. The van der Waals surface area contributed by atoms with E-state index in [1.54, 1.807) is 18.9 Å². The lowest BCUT2D eigenvalue weighted by Crippen LogP contribution is -2.28. The molecule has 10 heteroatoms. The number of methoxy groups -OCH3 is 1. The molecule has 1 aliphatic rings. The molecule has 0 spiro atoms. The minimum absolute atomic E-state index is 0.401. The largest absolute Gasteiger partial charge is 0.497 e. The van der Waals surface area contributed by atoms with Gasteiger partial charge in [0.25, 0.3) is 0 Å². The predicted octanol–water partition coefficient (Wildman–Crippen LogP) is 3.35. The van der Waals surface area contributed by atoms with Crippen LogP contribution in [0.3, 0.4) is 0 Å². The van der Waals surface area contributed by atoms with Crippen LogP contribution in [0.5, 0.6) is 5.75 Å². The SMILES string of the molecule is COc1ccc(-c2cn[nH]c2)c(Sc2nc3c(N)ncnc3n2CCC2CCNCC2)c1. The van der Waals surface area contributed by atoms with Crippen molar-refractivity contribution in [1.29, 1.82) is 0 Å². The summed E-state index contributed by atoms with van der Waals surface area (Å²) < 4.78 is 7.67. The smallest absolute Gasteiger partial charge is 0.175 e. The Hall–Kier alpha value is -3.11. The number of nitrogens with zero attached hydrogens (tertiary/aromatic N) is 5. The van der Waals surface area contributed by atoms with Crippen molar-refractivity contribution in [2.75, 3.05) is 25.9 Å². The van der Waals surface area contributed by atoms with Gasteiger partial charge in [-0.2, -0.15) is 5.10 Å². The molecule has 4 heterocycles. The molecule has 0 unspecified atom stereocenters. The molecule has 0 bridgehead atoms. The Morgan fingerprint density at radius 3 is 2.91 bits per heavy atom. The predicted molar refractivity (Wildman–Crippen MR) is 125 cm³/mol. The van der Waals surface area contributed by atoms with E-state index >= 15 is 0 Å². The monoisotopic (exact) mass is 450 g/mol. The van der Waals surface area contributed by atoms with E-state index < -0.39 is 0 Å². The van der Waals surface area contributed by atoms with Gasteiger partial charge in [-0.05, 0) is 62.0 Å². The Kier molecular flexibility index (Phi) is 5.95. The maximum atomic E-state index is 6.15. The van der Waals surface area contributed by atoms with Crippen LogP contribution in [0.15, 0.2) is 47.0 Å². The molecular weight excluding hydrogens is 424 g/mol. The summed E-state index contributed by atoms with van der Waals surface area (Å²) in [5.41, 5.74) is 9.63. The first-order valence-corrected chi connectivity index (χ1v) is 11.6. The van der Waals surface area contributed by atoms with Crippen LogP contribution in [0.4, 0.5) is 5.82 Å². The second kappa shape index (κ2) is 9.17. The quantitative estimate of drug-likeness (QED) is 0.392. The molecule has 5 rings (SSSR count). The van der Waals surface area contributed by atoms with Crippen molar-refractivity contribution in [1.82, 2.24) is 35.0 Å². The number of rotatable bonds is 7. The van der Waals surface area contributed by atoms with Crippen LogP contribution < -0.4 is 15.8 Å². The number of aromatic amines is 1. The number of anilines is 1. The topological polar surface area (TPSA) is 120 Å². The van der Waals surface area contributed by atoms with E-state index in [0.717, 1.165) is 58.6 Å². The summed E-state index contributed by atoms with van der Waals surface area (Å²) >= 11 is 1.58. The normalized spacial score (nSPS) is 14.8. The van der Waals surface area contributed by atoms with Gasteiger partial charge in [-0.25, -0.2) is 15.0 Å². The van der Waals surface area contributed by atoms with Gasteiger partial charge in [-0.3, -0.25) is 5.10 Å². The molecule has 0 saturated carbocycles. The summed E-state index contributed by atoms with van der Waals surface area (Å²) in [6.45, 7) is 3.01. The van der Waals surface area contributed by atoms with Crippen LogP contribution >= 0.6 is 11.8 Å². The number of nitrogens with two attached hydrogens (primary N) is 1. The molecule has 1 fully saturated rings. The number of nitrogens with one attached hydrogen (secondary N) is 2. The number of benzene rings is 1. The molecule has 4 aromatic rings. The lowest BCUT2D eigenvalue weighted by atomic mass is 9.95. The number of H-pyrrole nitrogens is 1. The fraction of sp³-hybridized carbons (Fsp3) is 0.364. The maximum absolute atomic E-state index is 6.15. The summed E-state index contributed by atoms with van der Waals surface area (Å²) in [5.74, 6) is 1.89. The minimum atomic E-state index is 0.401. The van der Waals surface area contributed by atoms with Gasteiger partial charge in [0.2, 0.25) is 0 Å². The van der Waals surface area contributed by atoms with Gasteiger partial charge in [-0.1, -0.05) is 11.8 Å². The zero-order valence-electron chi connectivity index (χ0n) is 17.9. The van der Waals surface area contributed by atoms with Crippen molar-refractivity contribution in [3.8, 4) is 16.9 Å². The lowest BCUT2D eigenvalue weighted by molar-refractivity contribution is 0.335. The number of hydrogen-bond donors (Lipinski definition) is 3. The molecule has 32 heavy (non-hydrogen) atoms.